The second-order valence-corrected chi connectivity index (χ2v) is 8.82. The summed E-state index contributed by atoms with van der Waals surface area (Å²) in [6, 6.07) is 19.1. The number of hydrogen-bond donors (Lipinski definition) is 1. The molecular weight excluding hydrogens is 418 g/mol. The van der Waals surface area contributed by atoms with Gasteiger partial charge in [-0.3, -0.25) is 14.2 Å². The first-order valence-electron chi connectivity index (χ1n) is 10.4. The van der Waals surface area contributed by atoms with Crippen LogP contribution in [-0.4, -0.2) is 21.2 Å². The fraction of sp³-hybridized carbons (Fsp3) is 0.192. The van der Waals surface area contributed by atoms with E-state index in [1.165, 1.54) is 11.8 Å². The van der Waals surface area contributed by atoms with Crippen LogP contribution < -0.4 is 10.9 Å². The maximum absolute atomic E-state index is 13.5. The Morgan fingerprint density at radius 3 is 2.31 bits per heavy atom. The molecule has 0 saturated carbocycles. The van der Waals surface area contributed by atoms with Crippen molar-refractivity contribution in [3.63, 3.8) is 0 Å². The highest BCUT2D eigenvalue weighted by molar-refractivity contribution is 7.99. The van der Waals surface area contributed by atoms with E-state index in [1.54, 1.807) is 10.6 Å². The molecule has 0 aliphatic rings. The molecule has 1 N–H and O–H groups in total. The quantitative estimate of drug-likeness (QED) is 0.334. The first-order chi connectivity index (χ1) is 15.4. The number of nitrogens with zero attached hydrogens (tertiary/aromatic N) is 2. The van der Waals surface area contributed by atoms with Gasteiger partial charge in [-0.1, -0.05) is 54.2 Å². The van der Waals surface area contributed by atoms with Gasteiger partial charge < -0.3 is 5.32 Å². The molecule has 0 bridgehead atoms. The van der Waals surface area contributed by atoms with Gasteiger partial charge in [-0.15, -0.1) is 0 Å². The van der Waals surface area contributed by atoms with Crippen LogP contribution in [0.2, 0.25) is 0 Å². The Labute approximate surface area is 191 Å². The molecule has 0 aliphatic heterocycles. The average Bonchev–Trinajstić information content (AvgIpc) is 2.77. The molecule has 1 amide bonds. The molecule has 0 fully saturated rings. The zero-order chi connectivity index (χ0) is 22.8. The van der Waals surface area contributed by atoms with Gasteiger partial charge in [0.05, 0.1) is 22.3 Å². The fourth-order valence-corrected chi connectivity index (χ4v) is 4.57. The molecule has 4 aromatic rings. The van der Waals surface area contributed by atoms with E-state index in [0.29, 0.717) is 16.1 Å². The summed E-state index contributed by atoms with van der Waals surface area (Å²) in [6.45, 7) is 7.96. The van der Waals surface area contributed by atoms with Crippen LogP contribution in [0, 0.1) is 27.7 Å². The third-order valence-electron chi connectivity index (χ3n) is 5.62. The Morgan fingerprint density at radius 1 is 0.906 bits per heavy atom. The number of aryl methyl sites for hydroxylation is 3. The second kappa shape index (κ2) is 9.01. The number of nitrogens with one attached hydrogen (secondary N) is 1. The minimum absolute atomic E-state index is 0.134. The van der Waals surface area contributed by atoms with Crippen molar-refractivity contribution in [3.8, 4) is 5.69 Å². The Balaban J connectivity index is 1.73. The predicted octanol–water partition coefficient (Wildman–Crippen LogP) is 5.35. The number of aromatic nitrogens is 2. The van der Waals surface area contributed by atoms with Gasteiger partial charge in [0.2, 0.25) is 5.91 Å². The topological polar surface area (TPSA) is 64.0 Å². The minimum atomic E-state index is -0.140. The van der Waals surface area contributed by atoms with Gasteiger partial charge in [0, 0.05) is 5.69 Å². The van der Waals surface area contributed by atoms with Crippen molar-refractivity contribution in [2.24, 2.45) is 0 Å². The summed E-state index contributed by atoms with van der Waals surface area (Å²) in [4.78, 5) is 31.0. The maximum Gasteiger partial charge on any atom is 0.266 e. The zero-order valence-electron chi connectivity index (χ0n) is 18.6. The lowest BCUT2D eigenvalue weighted by Gasteiger charge is -2.17. The largest absolute Gasteiger partial charge is 0.325 e. The second-order valence-electron chi connectivity index (χ2n) is 7.88. The Hall–Kier alpha value is -3.38. The highest BCUT2D eigenvalue weighted by atomic mass is 32.2. The number of carbonyl (C=O) groups excluding carboxylic acids is 1. The molecule has 6 heteroatoms. The van der Waals surface area contributed by atoms with Crippen molar-refractivity contribution in [2.45, 2.75) is 32.9 Å². The van der Waals surface area contributed by atoms with E-state index in [9.17, 15) is 9.59 Å². The summed E-state index contributed by atoms with van der Waals surface area (Å²) < 4.78 is 1.64. The SMILES string of the molecule is Cc1cccc(NC(=O)CSc2nc3ccccc3c(=O)n2-c2c(C)cccc2C)c1C. The third kappa shape index (κ3) is 4.18. The summed E-state index contributed by atoms with van der Waals surface area (Å²) in [5.74, 6) is 0.00229. The predicted molar refractivity (Wildman–Crippen MR) is 132 cm³/mol. The van der Waals surface area contributed by atoms with Crippen LogP contribution in [0.5, 0.6) is 0 Å². The first-order valence-corrected chi connectivity index (χ1v) is 11.4. The normalized spacial score (nSPS) is 11.0. The Morgan fingerprint density at radius 2 is 1.56 bits per heavy atom. The van der Waals surface area contributed by atoms with E-state index in [-0.39, 0.29) is 17.2 Å². The van der Waals surface area contributed by atoms with E-state index in [1.807, 2.05) is 82.3 Å². The van der Waals surface area contributed by atoms with Crippen LogP contribution in [0.4, 0.5) is 5.69 Å². The number of carbonyl (C=O) groups is 1. The molecular formula is C26H25N3O2S. The van der Waals surface area contributed by atoms with Crippen LogP contribution >= 0.6 is 11.8 Å². The summed E-state index contributed by atoms with van der Waals surface area (Å²) in [6.07, 6.45) is 0. The highest BCUT2D eigenvalue weighted by Crippen LogP contribution is 2.26. The van der Waals surface area contributed by atoms with Gasteiger partial charge in [0.15, 0.2) is 5.16 Å². The molecule has 162 valence electrons. The smallest absolute Gasteiger partial charge is 0.266 e. The van der Waals surface area contributed by atoms with Crippen LogP contribution in [0.25, 0.3) is 16.6 Å². The third-order valence-corrected chi connectivity index (χ3v) is 6.56. The van der Waals surface area contributed by atoms with E-state index in [2.05, 4.69) is 5.32 Å². The number of anilines is 1. The van der Waals surface area contributed by atoms with E-state index < -0.39 is 0 Å². The minimum Gasteiger partial charge on any atom is -0.325 e. The summed E-state index contributed by atoms with van der Waals surface area (Å²) in [7, 11) is 0. The lowest BCUT2D eigenvalue weighted by atomic mass is 10.1. The van der Waals surface area contributed by atoms with Gasteiger partial charge in [-0.25, -0.2) is 4.98 Å². The monoisotopic (exact) mass is 443 g/mol. The molecule has 0 saturated heterocycles. The number of benzene rings is 3. The van der Waals surface area contributed by atoms with Crippen molar-refractivity contribution in [3.05, 3.63) is 93.3 Å². The molecule has 0 spiro atoms. The molecule has 1 heterocycles. The highest BCUT2D eigenvalue weighted by Gasteiger charge is 2.17. The van der Waals surface area contributed by atoms with Crippen LogP contribution in [-0.2, 0) is 4.79 Å². The van der Waals surface area contributed by atoms with Gasteiger partial charge >= 0.3 is 0 Å². The summed E-state index contributed by atoms with van der Waals surface area (Å²) in [5, 5.41) is 4.04. The summed E-state index contributed by atoms with van der Waals surface area (Å²) >= 11 is 1.27. The van der Waals surface area contributed by atoms with Crippen molar-refractivity contribution in [1.82, 2.24) is 9.55 Å². The van der Waals surface area contributed by atoms with Gasteiger partial charge in [-0.05, 0) is 68.1 Å². The molecule has 3 aromatic carbocycles. The Bertz CT molecular complexity index is 1370. The van der Waals surface area contributed by atoms with Crippen LogP contribution in [0.1, 0.15) is 22.3 Å². The number of thioether (sulfide) groups is 1. The number of rotatable bonds is 5. The molecule has 1 aromatic heterocycles. The molecule has 0 atom stereocenters. The fourth-order valence-electron chi connectivity index (χ4n) is 3.77. The van der Waals surface area contributed by atoms with Gasteiger partial charge in [0.25, 0.3) is 5.56 Å². The van der Waals surface area contributed by atoms with Crippen molar-refractivity contribution < 1.29 is 4.79 Å². The average molecular weight is 444 g/mol. The molecule has 32 heavy (non-hydrogen) atoms. The number of fused-ring (bicyclic) bond motifs is 1. The molecule has 0 unspecified atom stereocenters. The first kappa shape index (κ1) is 21.8. The molecule has 4 rings (SSSR count). The lowest BCUT2D eigenvalue weighted by molar-refractivity contribution is -0.113. The molecule has 0 radical (unpaired) electrons. The van der Waals surface area contributed by atoms with Crippen molar-refractivity contribution in [2.75, 3.05) is 11.1 Å². The lowest BCUT2D eigenvalue weighted by Crippen LogP contribution is -2.24. The van der Waals surface area contributed by atoms with Gasteiger partial charge in [-0.2, -0.15) is 0 Å². The molecule has 5 nitrogen and oxygen atoms in total. The van der Waals surface area contributed by atoms with Crippen molar-refractivity contribution in [1.29, 1.82) is 0 Å². The standard InChI is InChI=1S/C26H25N3O2S/c1-16-9-8-14-21(19(16)4)27-23(30)15-32-26-28-22-13-6-5-12-20(22)25(31)29(26)24-17(2)10-7-11-18(24)3/h5-14H,15H2,1-4H3,(H,27,30). The Kier molecular flexibility index (Phi) is 6.15. The van der Waals surface area contributed by atoms with Crippen LogP contribution in [0.15, 0.2) is 70.6 Å². The molecule has 0 aliphatic carbocycles. The van der Waals surface area contributed by atoms with Gasteiger partial charge in [0.1, 0.15) is 0 Å². The van der Waals surface area contributed by atoms with E-state index in [0.717, 1.165) is 33.6 Å². The number of para-hydroxylation sites is 2. The van der Waals surface area contributed by atoms with Crippen molar-refractivity contribution >= 4 is 34.3 Å². The number of hydrogen-bond acceptors (Lipinski definition) is 4. The zero-order valence-corrected chi connectivity index (χ0v) is 19.4. The van der Waals surface area contributed by atoms with Crippen LogP contribution in [0.3, 0.4) is 0 Å². The van der Waals surface area contributed by atoms with E-state index in [4.69, 9.17) is 4.98 Å². The maximum atomic E-state index is 13.5. The van der Waals surface area contributed by atoms with E-state index >= 15 is 0 Å². The number of amides is 1. The summed E-state index contributed by atoms with van der Waals surface area (Å²) in [5.41, 5.74) is 6.22.